The molecule has 0 radical (unpaired) electrons. The summed E-state index contributed by atoms with van der Waals surface area (Å²) < 4.78 is 114. The number of benzene rings is 2. The van der Waals surface area contributed by atoms with Crippen LogP contribution in [0.5, 0.6) is 0 Å². The highest BCUT2D eigenvalue weighted by molar-refractivity contribution is 7.91. The summed E-state index contributed by atoms with van der Waals surface area (Å²) in [5.41, 5.74) is 4.63. The number of fused-ring (bicyclic) bond motifs is 1. The Labute approximate surface area is 245 Å². The topological polar surface area (TPSA) is 150 Å². The largest absolute Gasteiger partial charge is 0.453 e. The van der Waals surface area contributed by atoms with Gasteiger partial charge in [-0.15, -0.1) is 15.3 Å². The molecule has 0 aliphatic carbocycles. The number of aromatic nitrogens is 5. The monoisotopic (exact) mass is 643 g/mol. The molecule has 2 aromatic carbocycles. The number of sulfone groups is 1. The maximum atomic E-state index is 15.3. The van der Waals surface area contributed by atoms with Crippen molar-refractivity contribution in [3.05, 3.63) is 71.4 Å². The van der Waals surface area contributed by atoms with Gasteiger partial charge in [-0.05, 0) is 43.7 Å². The summed E-state index contributed by atoms with van der Waals surface area (Å²) in [6, 6.07) is 5.37. The van der Waals surface area contributed by atoms with Gasteiger partial charge in [-0.3, -0.25) is 4.79 Å². The summed E-state index contributed by atoms with van der Waals surface area (Å²) in [6.45, 7) is 2.24. The molecule has 18 heteroatoms. The van der Waals surface area contributed by atoms with Gasteiger partial charge in [0.2, 0.25) is 11.8 Å². The Hall–Kier alpha value is -4.32. The molecule has 1 amide bonds. The molecular weight excluding hydrogens is 620 g/mol. The molecule has 0 spiro atoms. The molecule has 0 saturated carbocycles. The van der Waals surface area contributed by atoms with Gasteiger partial charge in [0.05, 0.1) is 29.5 Å². The highest BCUT2D eigenvalue weighted by atomic mass is 32.2. The second kappa shape index (κ2) is 10.4. The lowest BCUT2D eigenvalue weighted by molar-refractivity contribution is -0.144. The van der Waals surface area contributed by atoms with Crippen LogP contribution in [0, 0.1) is 5.82 Å². The molecule has 0 bridgehead atoms. The minimum absolute atomic E-state index is 0.191. The van der Waals surface area contributed by atoms with E-state index in [1.54, 1.807) is 0 Å². The average molecular weight is 644 g/mol. The van der Waals surface area contributed by atoms with Gasteiger partial charge in [-0.25, -0.2) is 31.3 Å². The first-order valence-corrected chi connectivity index (χ1v) is 14.6. The van der Waals surface area contributed by atoms with Crippen LogP contribution in [0.3, 0.4) is 0 Å². The van der Waals surface area contributed by atoms with Gasteiger partial charge >= 0.3 is 6.18 Å². The fourth-order valence-electron chi connectivity index (χ4n) is 4.39. The predicted molar refractivity (Wildman–Crippen MR) is 142 cm³/mol. The maximum Gasteiger partial charge on any atom is 0.453 e. The first-order chi connectivity index (χ1) is 20.3. The maximum absolute atomic E-state index is 15.3. The molecule has 4 aromatic rings. The Kier molecular flexibility index (Phi) is 7.35. The summed E-state index contributed by atoms with van der Waals surface area (Å²) in [6.07, 6.45) is -4.07. The van der Waals surface area contributed by atoms with Gasteiger partial charge in [0.1, 0.15) is 16.9 Å². The molecule has 44 heavy (non-hydrogen) atoms. The van der Waals surface area contributed by atoms with Crippen LogP contribution in [0.15, 0.2) is 47.1 Å². The summed E-state index contributed by atoms with van der Waals surface area (Å²) in [5.74, 6) is -8.09. The number of hydrogen-bond acceptors (Lipinski definition) is 9. The first-order valence-electron chi connectivity index (χ1n) is 12.7. The van der Waals surface area contributed by atoms with Crippen molar-refractivity contribution in [2.24, 2.45) is 5.73 Å². The minimum Gasteiger partial charge on any atom is -0.419 e. The van der Waals surface area contributed by atoms with Gasteiger partial charge in [0, 0.05) is 18.2 Å². The molecule has 0 saturated heterocycles. The molecule has 2 aromatic heterocycles. The second-order valence-electron chi connectivity index (χ2n) is 10.7. The number of hydrogen-bond donors (Lipinski definition) is 1. The number of alkyl halides is 5. The van der Waals surface area contributed by atoms with Crippen molar-refractivity contribution in [3.63, 3.8) is 0 Å². The van der Waals surface area contributed by atoms with E-state index in [1.807, 2.05) is 0 Å². The lowest BCUT2D eigenvalue weighted by Crippen LogP contribution is -2.43. The number of halogens is 6. The molecule has 1 atom stereocenters. The second-order valence-corrected chi connectivity index (χ2v) is 13.2. The van der Waals surface area contributed by atoms with E-state index in [2.05, 4.69) is 20.3 Å². The van der Waals surface area contributed by atoms with E-state index in [4.69, 9.17) is 10.2 Å². The van der Waals surface area contributed by atoms with Crippen molar-refractivity contribution >= 4 is 21.4 Å². The van der Waals surface area contributed by atoms with Crippen molar-refractivity contribution < 1.29 is 44.0 Å². The predicted octanol–water partition coefficient (Wildman–Crippen LogP) is 4.11. The molecule has 3 heterocycles. The summed E-state index contributed by atoms with van der Waals surface area (Å²) in [7, 11) is -3.77. The molecule has 11 nitrogen and oxygen atoms in total. The molecule has 2 N–H and O–H groups in total. The van der Waals surface area contributed by atoms with Crippen LogP contribution in [0.1, 0.15) is 43.1 Å². The van der Waals surface area contributed by atoms with Crippen LogP contribution in [0.2, 0.25) is 0 Å². The van der Waals surface area contributed by atoms with E-state index in [1.165, 1.54) is 38.1 Å². The first kappa shape index (κ1) is 31.1. The van der Waals surface area contributed by atoms with Crippen molar-refractivity contribution in [1.82, 2.24) is 25.0 Å². The van der Waals surface area contributed by atoms with Crippen LogP contribution >= 0.6 is 0 Å². The number of anilines is 1. The molecule has 5 rings (SSSR count). The number of nitrogens with zero attached hydrogens (tertiary/aromatic N) is 6. The lowest BCUT2D eigenvalue weighted by atomic mass is 9.99. The summed E-state index contributed by atoms with van der Waals surface area (Å²) in [4.78, 5) is 17.4. The summed E-state index contributed by atoms with van der Waals surface area (Å²) in [5, 5.41) is 10.8. The van der Waals surface area contributed by atoms with E-state index < -0.39 is 79.4 Å². The molecular formula is C26H23F6N7O4S. The molecule has 234 valence electrons. The van der Waals surface area contributed by atoms with Crippen LogP contribution in [-0.4, -0.2) is 51.6 Å². The third kappa shape index (κ3) is 5.54. The Morgan fingerprint density at radius 1 is 1.11 bits per heavy atom. The van der Waals surface area contributed by atoms with Crippen LogP contribution < -0.4 is 10.6 Å². The van der Waals surface area contributed by atoms with Gasteiger partial charge in [0.15, 0.2) is 9.84 Å². The Morgan fingerprint density at radius 3 is 2.36 bits per heavy atom. The Balaban J connectivity index is 1.55. The third-order valence-corrected chi connectivity index (χ3v) is 9.24. The zero-order valence-corrected chi connectivity index (χ0v) is 23.9. The molecule has 0 fully saturated rings. The van der Waals surface area contributed by atoms with E-state index in [9.17, 15) is 26.4 Å². The highest BCUT2D eigenvalue weighted by Gasteiger charge is 2.45. The number of carbonyl (C=O) groups excluding carboxylic acids is 1. The van der Waals surface area contributed by atoms with E-state index in [-0.39, 0.29) is 18.1 Å². The van der Waals surface area contributed by atoms with E-state index in [0.29, 0.717) is 11.6 Å². The fourth-order valence-corrected chi connectivity index (χ4v) is 4.79. The minimum atomic E-state index is -4.75. The van der Waals surface area contributed by atoms with Crippen molar-refractivity contribution in [1.29, 1.82) is 0 Å². The number of nitrogens with two attached hydrogens (primary N) is 1. The van der Waals surface area contributed by atoms with Crippen molar-refractivity contribution in [2.75, 3.05) is 11.2 Å². The quantitative estimate of drug-likeness (QED) is 0.306. The summed E-state index contributed by atoms with van der Waals surface area (Å²) >= 11 is 0. The zero-order chi connectivity index (χ0) is 32.4. The zero-order valence-electron chi connectivity index (χ0n) is 23.1. The number of rotatable bonds is 6. The number of carbonyl (C=O) groups is 1. The van der Waals surface area contributed by atoms with Gasteiger partial charge < -0.3 is 15.1 Å². The standard InChI is InChI=1S/C26H23F6N7O4S/c1-24(2,44(3,41)42)23-36-35-20(43-23)15-8-19-16(9-17(15)27)25(28,29)10-18(33)21(40)38(19)11-13-4-6-14(7-5-13)39-12-34-22(37-39)26(30,31)32/h4-9,12,18H,10-11,33H2,1-3H3. The normalized spacial score (nSPS) is 17.5. The van der Waals surface area contributed by atoms with Crippen molar-refractivity contribution in [3.8, 4) is 17.1 Å². The lowest BCUT2D eigenvalue weighted by Gasteiger charge is -2.25. The SMILES string of the molecule is CC(C)(c1nnc(-c2cc3c(cc2F)C(F)(F)CC(N)C(=O)N3Cc2ccc(-n3cnc(C(F)(F)F)n3)cc2)o1)S(C)(=O)=O. The van der Waals surface area contributed by atoms with Crippen molar-refractivity contribution in [2.45, 2.75) is 49.7 Å². The Bertz CT molecular complexity index is 1850. The average Bonchev–Trinajstić information content (AvgIpc) is 3.61. The third-order valence-electron chi connectivity index (χ3n) is 7.21. The molecule has 1 aliphatic rings. The number of amides is 1. The fraction of sp³-hybridized carbons (Fsp3) is 0.346. The van der Waals surface area contributed by atoms with E-state index >= 15 is 13.2 Å². The molecule has 1 unspecified atom stereocenters. The van der Waals surface area contributed by atoms with Gasteiger partial charge in [0.25, 0.3) is 17.6 Å². The smallest absolute Gasteiger partial charge is 0.419 e. The van der Waals surface area contributed by atoms with Crippen LogP contribution in [0.25, 0.3) is 17.1 Å². The van der Waals surface area contributed by atoms with Crippen LogP contribution in [-0.2, 0) is 38.0 Å². The van der Waals surface area contributed by atoms with Gasteiger partial charge in [-0.2, -0.15) is 13.2 Å². The molecule has 1 aliphatic heterocycles. The Morgan fingerprint density at radius 2 is 1.77 bits per heavy atom. The van der Waals surface area contributed by atoms with Gasteiger partial charge in [-0.1, -0.05) is 12.1 Å². The highest BCUT2D eigenvalue weighted by Crippen LogP contribution is 2.45. The van der Waals surface area contributed by atoms with Crippen LogP contribution in [0.4, 0.5) is 32.0 Å². The van der Waals surface area contributed by atoms with E-state index in [0.717, 1.165) is 28.2 Å².